The van der Waals surface area contributed by atoms with E-state index in [-0.39, 0.29) is 12.1 Å². The molecule has 1 amide bonds. The lowest BCUT2D eigenvalue weighted by molar-refractivity contribution is 0.0174. The van der Waals surface area contributed by atoms with Crippen molar-refractivity contribution < 1.29 is 19.1 Å². The molecule has 0 radical (unpaired) electrons. The molecule has 0 aliphatic carbocycles. The van der Waals surface area contributed by atoms with Crippen LogP contribution >= 0.6 is 11.6 Å². The fraction of sp³-hybridized carbons (Fsp3) is 0.556. The van der Waals surface area contributed by atoms with Crippen LogP contribution in [0.4, 0.5) is 4.79 Å². The predicted molar refractivity (Wildman–Crippen MR) is 96.0 cm³/mol. The van der Waals surface area contributed by atoms with Gasteiger partial charge in [0.05, 0.1) is 23.7 Å². The Hall–Kier alpha value is -1.79. The summed E-state index contributed by atoms with van der Waals surface area (Å²) < 4.78 is 10.3. The van der Waals surface area contributed by atoms with Crippen molar-refractivity contribution in [1.29, 1.82) is 0 Å². The van der Waals surface area contributed by atoms with E-state index in [1.807, 2.05) is 20.8 Å². The van der Waals surface area contributed by atoms with Gasteiger partial charge in [-0.25, -0.2) is 9.59 Å². The van der Waals surface area contributed by atoms with E-state index < -0.39 is 11.6 Å². The standard InChI is InChI=1S/C18H25ClN2O4/c1-18(2,3)25-17(23)21-9-5-8-20-11-15(21)12-6-7-13(14(19)10-12)16(22)24-4/h6-7,10,15,20H,5,8-9,11H2,1-4H3. The minimum Gasteiger partial charge on any atom is -0.465 e. The largest absolute Gasteiger partial charge is 0.465 e. The Balaban J connectivity index is 2.30. The van der Waals surface area contributed by atoms with Crippen molar-refractivity contribution in [3.63, 3.8) is 0 Å². The molecule has 1 aromatic carbocycles. The molecule has 1 heterocycles. The SMILES string of the molecule is COC(=O)c1ccc(C2CNCCCN2C(=O)OC(C)(C)C)cc1Cl. The number of hydrogen-bond acceptors (Lipinski definition) is 5. The second kappa shape index (κ2) is 8.06. The minimum absolute atomic E-state index is 0.221. The summed E-state index contributed by atoms with van der Waals surface area (Å²) >= 11 is 6.24. The third-order valence-corrected chi connectivity index (χ3v) is 4.19. The lowest BCUT2D eigenvalue weighted by Gasteiger charge is -2.32. The Morgan fingerprint density at radius 1 is 1.32 bits per heavy atom. The highest BCUT2D eigenvalue weighted by atomic mass is 35.5. The zero-order chi connectivity index (χ0) is 18.6. The van der Waals surface area contributed by atoms with Crippen molar-refractivity contribution in [3.05, 3.63) is 34.3 Å². The molecule has 1 N–H and O–H groups in total. The van der Waals surface area contributed by atoms with Gasteiger partial charge in [0.2, 0.25) is 0 Å². The maximum Gasteiger partial charge on any atom is 0.410 e. The summed E-state index contributed by atoms with van der Waals surface area (Å²) in [4.78, 5) is 26.0. The van der Waals surface area contributed by atoms with E-state index in [1.54, 1.807) is 23.1 Å². The average Bonchev–Trinajstić information content (AvgIpc) is 2.78. The molecule has 1 unspecified atom stereocenters. The molecule has 1 aromatic rings. The number of nitrogens with zero attached hydrogens (tertiary/aromatic N) is 1. The van der Waals surface area contributed by atoms with Crippen LogP contribution in [0.25, 0.3) is 0 Å². The van der Waals surface area contributed by atoms with Crippen molar-refractivity contribution >= 4 is 23.7 Å². The molecule has 0 saturated carbocycles. The van der Waals surface area contributed by atoms with Crippen LogP contribution in [0, 0.1) is 0 Å². The Kier molecular flexibility index (Phi) is 6.30. The molecule has 6 nitrogen and oxygen atoms in total. The van der Waals surface area contributed by atoms with Gasteiger partial charge in [-0.05, 0) is 51.4 Å². The number of ether oxygens (including phenoxy) is 2. The lowest BCUT2D eigenvalue weighted by atomic mass is 10.0. The van der Waals surface area contributed by atoms with E-state index in [2.05, 4.69) is 5.32 Å². The number of carbonyl (C=O) groups is 2. The van der Waals surface area contributed by atoms with Gasteiger partial charge in [0.15, 0.2) is 0 Å². The molecule has 1 saturated heterocycles. The Morgan fingerprint density at radius 3 is 2.64 bits per heavy atom. The highest BCUT2D eigenvalue weighted by molar-refractivity contribution is 6.33. The zero-order valence-corrected chi connectivity index (χ0v) is 15.9. The first-order valence-electron chi connectivity index (χ1n) is 8.31. The topological polar surface area (TPSA) is 67.9 Å². The zero-order valence-electron chi connectivity index (χ0n) is 15.1. The first kappa shape index (κ1) is 19.5. The first-order valence-corrected chi connectivity index (χ1v) is 8.69. The van der Waals surface area contributed by atoms with E-state index in [9.17, 15) is 9.59 Å². The van der Waals surface area contributed by atoms with Gasteiger partial charge in [-0.15, -0.1) is 0 Å². The molecule has 1 fully saturated rings. The molecule has 0 bridgehead atoms. The second-order valence-electron chi connectivity index (χ2n) is 6.98. The average molecular weight is 369 g/mol. The number of carbonyl (C=O) groups excluding carboxylic acids is 2. The summed E-state index contributed by atoms with van der Waals surface area (Å²) in [6, 6.07) is 4.92. The van der Waals surface area contributed by atoms with Crippen LogP contribution in [-0.2, 0) is 9.47 Å². The van der Waals surface area contributed by atoms with Gasteiger partial charge < -0.3 is 14.8 Å². The monoisotopic (exact) mass is 368 g/mol. The molecule has 0 aromatic heterocycles. The number of esters is 1. The van der Waals surface area contributed by atoms with Gasteiger partial charge in [0.1, 0.15) is 5.60 Å². The molecule has 7 heteroatoms. The number of amides is 1. The summed E-state index contributed by atoms with van der Waals surface area (Å²) in [5.74, 6) is -0.487. The molecule has 1 aliphatic rings. The van der Waals surface area contributed by atoms with Crippen molar-refractivity contribution in [2.24, 2.45) is 0 Å². The minimum atomic E-state index is -0.562. The smallest absolute Gasteiger partial charge is 0.410 e. The number of halogens is 1. The van der Waals surface area contributed by atoms with E-state index >= 15 is 0 Å². The fourth-order valence-electron chi connectivity index (χ4n) is 2.73. The van der Waals surface area contributed by atoms with Crippen molar-refractivity contribution in [1.82, 2.24) is 10.2 Å². The third kappa shape index (κ3) is 5.09. The highest BCUT2D eigenvalue weighted by Gasteiger charge is 2.31. The first-order chi connectivity index (χ1) is 11.7. The fourth-order valence-corrected chi connectivity index (χ4v) is 3.00. The molecule has 0 spiro atoms. The van der Waals surface area contributed by atoms with E-state index in [1.165, 1.54) is 7.11 Å². The van der Waals surface area contributed by atoms with Gasteiger partial charge >= 0.3 is 12.1 Å². The predicted octanol–water partition coefficient (Wildman–Crippen LogP) is 3.40. The lowest BCUT2D eigenvalue weighted by Crippen LogP contribution is -2.41. The number of rotatable bonds is 2. The van der Waals surface area contributed by atoms with Crippen LogP contribution in [0.5, 0.6) is 0 Å². The summed E-state index contributed by atoms with van der Waals surface area (Å²) in [6.07, 6.45) is 0.485. The Bertz CT molecular complexity index is 642. The van der Waals surface area contributed by atoms with Crippen molar-refractivity contribution in [3.8, 4) is 0 Å². The Morgan fingerprint density at radius 2 is 2.04 bits per heavy atom. The van der Waals surface area contributed by atoms with Gasteiger partial charge in [-0.1, -0.05) is 17.7 Å². The molecule has 1 atom stereocenters. The Labute approximate surface area is 153 Å². The van der Waals surface area contributed by atoms with Crippen LogP contribution in [0.2, 0.25) is 5.02 Å². The molecule has 1 aliphatic heterocycles. The maximum absolute atomic E-state index is 12.6. The van der Waals surface area contributed by atoms with Gasteiger partial charge in [0, 0.05) is 13.1 Å². The number of nitrogens with one attached hydrogen (secondary N) is 1. The molecular weight excluding hydrogens is 344 g/mol. The van der Waals surface area contributed by atoms with E-state index in [0.29, 0.717) is 23.7 Å². The van der Waals surface area contributed by atoms with Gasteiger partial charge in [-0.3, -0.25) is 4.90 Å². The quantitative estimate of drug-likeness (QED) is 0.810. The number of benzene rings is 1. The van der Waals surface area contributed by atoms with E-state index in [0.717, 1.165) is 18.5 Å². The highest BCUT2D eigenvalue weighted by Crippen LogP contribution is 2.28. The molecular formula is C18H25ClN2O4. The van der Waals surface area contributed by atoms with Gasteiger partial charge in [0.25, 0.3) is 0 Å². The van der Waals surface area contributed by atoms with Crippen molar-refractivity contribution in [2.75, 3.05) is 26.7 Å². The second-order valence-corrected chi connectivity index (χ2v) is 7.39. The summed E-state index contributed by atoms with van der Waals surface area (Å²) in [5.41, 5.74) is 0.588. The molecule has 25 heavy (non-hydrogen) atoms. The molecule has 138 valence electrons. The van der Waals surface area contributed by atoms with Crippen LogP contribution in [-0.4, -0.2) is 49.3 Å². The van der Waals surface area contributed by atoms with Crippen LogP contribution in [0.1, 0.15) is 49.2 Å². The van der Waals surface area contributed by atoms with Crippen LogP contribution < -0.4 is 5.32 Å². The third-order valence-electron chi connectivity index (χ3n) is 3.88. The maximum atomic E-state index is 12.6. The summed E-state index contributed by atoms with van der Waals surface area (Å²) in [7, 11) is 1.31. The van der Waals surface area contributed by atoms with E-state index in [4.69, 9.17) is 21.1 Å². The summed E-state index contributed by atoms with van der Waals surface area (Å²) in [6.45, 7) is 7.54. The molecule has 2 rings (SSSR count). The number of hydrogen-bond donors (Lipinski definition) is 1. The van der Waals surface area contributed by atoms with Crippen LogP contribution in [0.3, 0.4) is 0 Å². The number of methoxy groups -OCH3 is 1. The normalized spacial score (nSPS) is 18.4. The van der Waals surface area contributed by atoms with Gasteiger partial charge in [-0.2, -0.15) is 0 Å². The van der Waals surface area contributed by atoms with Crippen molar-refractivity contribution in [2.45, 2.75) is 38.8 Å². The van der Waals surface area contributed by atoms with Crippen LogP contribution in [0.15, 0.2) is 18.2 Å². The summed E-state index contributed by atoms with van der Waals surface area (Å²) in [5, 5.41) is 3.63.